The Morgan fingerprint density at radius 3 is 2.60 bits per heavy atom. The van der Waals surface area contributed by atoms with Gasteiger partial charge in [0.1, 0.15) is 5.82 Å². The van der Waals surface area contributed by atoms with Crippen molar-refractivity contribution >= 4 is 27.5 Å². The van der Waals surface area contributed by atoms with Crippen LogP contribution >= 0.6 is 27.5 Å². The van der Waals surface area contributed by atoms with Gasteiger partial charge in [0.2, 0.25) is 0 Å². The topological polar surface area (TPSA) is 4.93 Å². The number of aromatic nitrogens is 1. The standard InChI is InChI=1S/C11H8BrClFN/c1-15-6-8(12)5-11(15)7-2-3-10(14)9(13)4-7/h2-6H,1H3. The van der Waals surface area contributed by atoms with Gasteiger partial charge in [-0.3, -0.25) is 0 Å². The molecule has 2 aromatic rings. The average molecular weight is 289 g/mol. The Balaban J connectivity index is 2.54. The van der Waals surface area contributed by atoms with E-state index in [1.807, 2.05) is 23.9 Å². The van der Waals surface area contributed by atoms with Gasteiger partial charge in [-0.25, -0.2) is 4.39 Å². The van der Waals surface area contributed by atoms with Crippen LogP contribution in [0.4, 0.5) is 4.39 Å². The molecular formula is C11H8BrClFN. The smallest absolute Gasteiger partial charge is 0.141 e. The third kappa shape index (κ3) is 2.08. The lowest BCUT2D eigenvalue weighted by Gasteiger charge is -2.03. The fraction of sp³-hybridized carbons (Fsp3) is 0.0909. The molecule has 78 valence electrons. The minimum absolute atomic E-state index is 0.143. The van der Waals surface area contributed by atoms with Crippen molar-refractivity contribution in [1.82, 2.24) is 4.57 Å². The quantitative estimate of drug-likeness (QED) is 0.739. The van der Waals surface area contributed by atoms with E-state index in [4.69, 9.17) is 11.6 Å². The summed E-state index contributed by atoms with van der Waals surface area (Å²) >= 11 is 9.11. The van der Waals surface area contributed by atoms with Crippen LogP contribution in [0.3, 0.4) is 0 Å². The van der Waals surface area contributed by atoms with E-state index in [9.17, 15) is 4.39 Å². The second-order valence-corrected chi connectivity index (χ2v) is 4.61. The first-order chi connectivity index (χ1) is 7.08. The Kier molecular flexibility index (Phi) is 2.85. The fourth-order valence-electron chi connectivity index (χ4n) is 1.47. The predicted molar refractivity (Wildman–Crippen MR) is 63.5 cm³/mol. The molecule has 0 atom stereocenters. The predicted octanol–water partition coefficient (Wildman–Crippen LogP) is 4.25. The minimum atomic E-state index is -0.395. The van der Waals surface area contributed by atoms with Crippen molar-refractivity contribution < 1.29 is 4.39 Å². The van der Waals surface area contributed by atoms with Crippen molar-refractivity contribution in [2.24, 2.45) is 7.05 Å². The van der Waals surface area contributed by atoms with Gasteiger partial charge in [-0.05, 0) is 45.8 Å². The molecule has 0 radical (unpaired) electrons. The van der Waals surface area contributed by atoms with Gasteiger partial charge < -0.3 is 4.57 Å². The second kappa shape index (κ2) is 3.99. The first-order valence-corrected chi connectivity index (χ1v) is 5.52. The van der Waals surface area contributed by atoms with E-state index >= 15 is 0 Å². The minimum Gasteiger partial charge on any atom is -0.349 e. The van der Waals surface area contributed by atoms with Crippen LogP contribution in [0.1, 0.15) is 0 Å². The molecule has 0 aliphatic heterocycles. The van der Waals surface area contributed by atoms with Crippen molar-refractivity contribution in [3.63, 3.8) is 0 Å². The van der Waals surface area contributed by atoms with Gasteiger partial charge in [-0.2, -0.15) is 0 Å². The highest BCUT2D eigenvalue weighted by Gasteiger charge is 2.06. The summed E-state index contributed by atoms with van der Waals surface area (Å²) < 4.78 is 15.9. The molecule has 0 spiro atoms. The van der Waals surface area contributed by atoms with Gasteiger partial charge in [0, 0.05) is 23.4 Å². The van der Waals surface area contributed by atoms with E-state index in [1.54, 1.807) is 12.1 Å². The van der Waals surface area contributed by atoms with Crippen LogP contribution in [0, 0.1) is 5.82 Å². The third-order valence-electron chi connectivity index (χ3n) is 2.19. The summed E-state index contributed by atoms with van der Waals surface area (Å²) in [6.45, 7) is 0. The summed E-state index contributed by atoms with van der Waals surface area (Å²) in [5.41, 5.74) is 1.89. The molecule has 0 saturated heterocycles. The van der Waals surface area contributed by atoms with Gasteiger partial charge in [-0.1, -0.05) is 11.6 Å². The first kappa shape index (κ1) is 10.7. The van der Waals surface area contributed by atoms with Crippen LogP contribution in [0.2, 0.25) is 5.02 Å². The summed E-state index contributed by atoms with van der Waals surface area (Å²) in [7, 11) is 1.93. The number of nitrogens with zero attached hydrogens (tertiary/aromatic N) is 1. The first-order valence-electron chi connectivity index (χ1n) is 4.35. The zero-order chi connectivity index (χ0) is 11.0. The molecular weight excluding hydrogens is 280 g/mol. The van der Waals surface area contributed by atoms with Crippen molar-refractivity contribution in [2.75, 3.05) is 0 Å². The van der Waals surface area contributed by atoms with Crippen molar-refractivity contribution in [2.45, 2.75) is 0 Å². The van der Waals surface area contributed by atoms with E-state index < -0.39 is 5.82 Å². The molecule has 1 aromatic heterocycles. The second-order valence-electron chi connectivity index (χ2n) is 3.28. The summed E-state index contributed by atoms with van der Waals surface area (Å²) in [6.07, 6.45) is 1.94. The lowest BCUT2D eigenvalue weighted by Crippen LogP contribution is -1.89. The normalized spacial score (nSPS) is 10.7. The molecule has 15 heavy (non-hydrogen) atoms. The molecule has 0 amide bonds. The van der Waals surface area contributed by atoms with Gasteiger partial charge in [0.15, 0.2) is 0 Å². The highest BCUT2D eigenvalue weighted by atomic mass is 79.9. The molecule has 0 saturated carbocycles. The molecule has 1 heterocycles. The Bertz CT molecular complexity index is 507. The monoisotopic (exact) mass is 287 g/mol. The van der Waals surface area contributed by atoms with E-state index in [2.05, 4.69) is 15.9 Å². The Labute approximate surface area is 101 Å². The van der Waals surface area contributed by atoms with Gasteiger partial charge in [0.05, 0.1) is 5.02 Å². The molecule has 0 fully saturated rings. The maximum atomic E-state index is 13.0. The largest absolute Gasteiger partial charge is 0.349 e. The molecule has 4 heteroatoms. The van der Waals surface area contributed by atoms with Crippen molar-refractivity contribution in [1.29, 1.82) is 0 Å². The molecule has 0 aliphatic rings. The number of hydrogen-bond acceptors (Lipinski definition) is 0. The van der Waals surface area contributed by atoms with Gasteiger partial charge >= 0.3 is 0 Å². The number of halogens is 3. The highest BCUT2D eigenvalue weighted by Crippen LogP contribution is 2.27. The van der Waals surface area contributed by atoms with Gasteiger partial charge in [-0.15, -0.1) is 0 Å². The maximum Gasteiger partial charge on any atom is 0.141 e. The maximum absolute atomic E-state index is 13.0. The molecule has 0 N–H and O–H groups in total. The molecule has 0 bridgehead atoms. The van der Waals surface area contributed by atoms with E-state index in [0.717, 1.165) is 15.7 Å². The van der Waals surface area contributed by atoms with Crippen LogP contribution in [0.5, 0.6) is 0 Å². The lowest BCUT2D eigenvalue weighted by molar-refractivity contribution is 0.628. The van der Waals surface area contributed by atoms with Crippen LogP contribution in [0.25, 0.3) is 11.3 Å². The molecule has 0 aliphatic carbocycles. The number of benzene rings is 1. The Hall–Kier alpha value is -0.800. The Morgan fingerprint density at radius 2 is 2.07 bits per heavy atom. The molecule has 2 rings (SSSR count). The van der Waals surface area contributed by atoms with E-state index in [0.29, 0.717) is 0 Å². The molecule has 1 nitrogen and oxygen atoms in total. The number of aryl methyl sites for hydroxylation is 1. The SMILES string of the molecule is Cn1cc(Br)cc1-c1ccc(F)c(Cl)c1. The fourth-order valence-corrected chi connectivity index (χ4v) is 2.17. The summed E-state index contributed by atoms with van der Waals surface area (Å²) in [5.74, 6) is -0.395. The van der Waals surface area contributed by atoms with E-state index in [1.165, 1.54) is 6.07 Å². The van der Waals surface area contributed by atoms with Crippen LogP contribution in [-0.2, 0) is 7.05 Å². The third-order valence-corrected chi connectivity index (χ3v) is 2.91. The van der Waals surface area contributed by atoms with Gasteiger partial charge in [0.25, 0.3) is 0 Å². The highest BCUT2D eigenvalue weighted by molar-refractivity contribution is 9.10. The summed E-state index contributed by atoms with van der Waals surface area (Å²) in [5, 5.41) is 0.143. The molecule has 0 unspecified atom stereocenters. The molecule has 1 aromatic carbocycles. The van der Waals surface area contributed by atoms with Crippen LogP contribution in [-0.4, -0.2) is 4.57 Å². The zero-order valence-electron chi connectivity index (χ0n) is 7.97. The van der Waals surface area contributed by atoms with Crippen molar-refractivity contribution in [3.05, 3.63) is 45.8 Å². The summed E-state index contributed by atoms with van der Waals surface area (Å²) in [4.78, 5) is 0. The van der Waals surface area contributed by atoms with E-state index in [-0.39, 0.29) is 5.02 Å². The van der Waals surface area contributed by atoms with Crippen LogP contribution in [0.15, 0.2) is 34.9 Å². The Morgan fingerprint density at radius 1 is 1.33 bits per heavy atom. The average Bonchev–Trinajstić information content (AvgIpc) is 2.50. The number of hydrogen-bond donors (Lipinski definition) is 0. The number of rotatable bonds is 1. The summed E-state index contributed by atoms with van der Waals surface area (Å²) in [6, 6.07) is 6.67. The van der Waals surface area contributed by atoms with Crippen molar-refractivity contribution in [3.8, 4) is 11.3 Å². The van der Waals surface area contributed by atoms with Crippen LogP contribution < -0.4 is 0 Å². The lowest BCUT2D eigenvalue weighted by atomic mass is 10.1. The zero-order valence-corrected chi connectivity index (χ0v) is 10.3.